The summed E-state index contributed by atoms with van der Waals surface area (Å²) in [5.74, 6) is 2.39. The predicted molar refractivity (Wildman–Crippen MR) is 62.2 cm³/mol. The first-order chi connectivity index (χ1) is 7.13. The first-order valence-corrected chi connectivity index (χ1v) is 5.79. The highest BCUT2D eigenvalue weighted by molar-refractivity contribution is 6.29. The topological polar surface area (TPSA) is 37.8 Å². The smallest absolute Gasteiger partial charge is 0.134 e. The molecule has 0 bridgehead atoms. The van der Waals surface area contributed by atoms with E-state index in [0.29, 0.717) is 11.2 Å². The second kappa shape index (κ2) is 4.35. The van der Waals surface area contributed by atoms with Gasteiger partial charge in [0.1, 0.15) is 16.8 Å². The molecule has 1 saturated carbocycles. The van der Waals surface area contributed by atoms with Crippen molar-refractivity contribution in [3.8, 4) is 0 Å². The van der Waals surface area contributed by atoms with E-state index in [4.69, 9.17) is 11.6 Å². The number of aromatic nitrogens is 2. The van der Waals surface area contributed by atoms with E-state index < -0.39 is 0 Å². The van der Waals surface area contributed by atoms with Gasteiger partial charge < -0.3 is 5.32 Å². The second-order valence-electron chi connectivity index (χ2n) is 4.38. The second-order valence-corrected chi connectivity index (χ2v) is 4.77. The summed E-state index contributed by atoms with van der Waals surface area (Å²) >= 11 is 5.87. The fraction of sp³-hybridized carbons (Fsp3) is 0.636. The van der Waals surface area contributed by atoms with Gasteiger partial charge in [0.05, 0.1) is 0 Å². The van der Waals surface area contributed by atoms with Gasteiger partial charge in [0.25, 0.3) is 0 Å². The van der Waals surface area contributed by atoms with E-state index >= 15 is 0 Å². The van der Waals surface area contributed by atoms with Gasteiger partial charge in [-0.2, -0.15) is 0 Å². The van der Waals surface area contributed by atoms with Gasteiger partial charge in [-0.1, -0.05) is 18.5 Å². The first-order valence-electron chi connectivity index (χ1n) is 5.41. The predicted octanol–water partition coefficient (Wildman–Crippen LogP) is 3.04. The van der Waals surface area contributed by atoms with E-state index in [9.17, 15) is 0 Å². The van der Waals surface area contributed by atoms with Crippen LogP contribution in [-0.2, 0) is 0 Å². The van der Waals surface area contributed by atoms with E-state index in [0.717, 1.165) is 17.6 Å². The zero-order valence-electron chi connectivity index (χ0n) is 9.13. The van der Waals surface area contributed by atoms with E-state index in [1.54, 1.807) is 6.07 Å². The molecule has 1 heterocycles. The van der Waals surface area contributed by atoms with Crippen LogP contribution in [0, 0.1) is 12.8 Å². The molecule has 1 aromatic rings. The Hall–Kier alpha value is -0.830. The zero-order valence-corrected chi connectivity index (χ0v) is 9.88. The third-order valence-electron chi connectivity index (χ3n) is 2.85. The van der Waals surface area contributed by atoms with Gasteiger partial charge in [-0.05, 0) is 32.1 Å². The molecule has 1 aliphatic carbocycles. The summed E-state index contributed by atoms with van der Waals surface area (Å²) in [6.07, 6.45) is 3.75. The fourth-order valence-electron chi connectivity index (χ4n) is 2.15. The van der Waals surface area contributed by atoms with Gasteiger partial charge in [-0.3, -0.25) is 0 Å². The average Bonchev–Trinajstić information content (AvgIpc) is 2.49. The lowest BCUT2D eigenvalue weighted by atomic mass is 10.1. The molecule has 0 spiro atoms. The molecule has 1 fully saturated rings. The lowest BCUT2D eigenvalue weighted by Gasteiger charge is -2.13. The minimum Gasteiger partial charge on any atom is -0.367 e. The van der Waals surface area contributed by atoms with Crippen molar-refractivity contribution in [2.24, 2.45) is 5.92 Å². The average molecular weight is 226 g/mol. The lowest BCUT2D eigenvalue weighted by Crippen LogP contribution is -2.16. The Balaban J connectivity index is 2.04. The highest BCUT2D eigenvalue weighted by Gasteiger charge is 2.21. The fourth-order valence-corrected chi connectivity index (χ4v) is 2.38. The molecule has 0 aromatic carbocycles. The van der Waals surface area contributed by atoms with Crippen LogP contribution in [0.1, 0.15) is 32.0 Å². The zero-order chi connectivity index (χ0) is 10.8. The van der Waals surface area contributed by atoms with Crippen LogP contribution in [0.4, 0.5) is 5.82 Å². The van der Waals surface area contributed by atoms with Crippen molar-refractivity contribution in [1.82, 2.24) is 9.97 Å². The third kappa shape index (κ3) is 2.81. The summed E-state index contributed by atoms with van der Waals surface area (Å²) < 4.78 is 0. The molecule has 3 nitrogen and oxygen atoms in total. The van der Waals surface area contributed by atoms with Crippen LogP contribution in [-0.4, -0.2) is 16.0 Å². The summed E-state index contributed by atoms with van der Waals surface area (Å²) in [5, 5.41) is 3.93. The van der Waals surface area contributed by atoms with Crippen molar-refractivity contribution in [2.75, 3.05) is 5.32 Å². The quantitative estimate of drug-likeness (QED) is 0.787. The Kier molecular flexibility index (Phi) is 3.10. The number of hydrogen-bond donors (Lipinski definition) is 1. The maximum atomic E-state index is 5.87. The number of anilines is 1. The van der Waals surface area contributed by atoms with Crippen molar-refractivity contribution in [3.05, 3.63) is 17.0 Å². The van der Waals surface area contributed by atoms with Crippen molar-refractivity contribution in [1.29, 1.82) is 0 Å². The number of nitrogens with zero attached hydrogens (tertiary/aromatic N) is 2. The monoisotopic (exact) mass is 225 g/mol. The summed E-state index contributed by atoms with van der Waals surface area (Å²) in [6, 6.07) is 2.34. The van der Waals surface area contributed by atoms with E-state index in [1.165, 1.54) is 19.3 Å². The Labute approximate surface area is 95.3 Å². The van der Waals surface area contributed by atoms with Crippen LogP contribution >= 0.6 is 11.6 Å². The van der Waals surface area contributed by atoms with Gasteiger partial charge in [0, 0.05) is 12.1 Å². The molecule has 2 rings (SSSR count). The molecule has 2 unspecified atom stereocenters. The van der Waals surface area contributed by atoms with Crippen LogP contribution in [0.3, 0.4) is 0 Å². The molecular weight excluding hydrogens is 210 g/mol. The molecule has 0 aliphatic heterocycles. The maximum absolute atomic E-state index is 5.87. The Morgan fingerprint density at radius 3 is 2.80 bits per heavy atom. The van der Waals surface area contributed by atoms with Crippen molar-refractivity contribution < 1.29 is 0 Å². The van der Waals surface area contributed by atoms with E-state index in [-0.39, 0.29) is 0 Å². The highest BCUT2D eigenvalue weighted by Crippen LogP contribution is 2.27. The number of nitrogens with one attached hydrogen (secondary N) is 1. The van der Waals surface area contributed by atoms with E-state index in [1.807, 2.05) is 6.92 Å². The maximum Gasteiger partial charge on any atom is 0.134 e. The molecule has 2 atom stereocenters. The third-order valence-corrected chi connectivity index (χ3v) is 3.05. The summed E-state index contributed by atoms with van der Waals surface area (Å²) in [5.41, 5.74) is 0. The largest absolute Gasteiger partial charge is 0.367 e. The van der Waals surface area contributed by atoms with Crippen molar-refractivity contribution in [3.63, 3.8) is 0 Å². The molecule has 0 saturated heterocycles. The van der Waals surface area contributed by atoms with Crippen LogP contribution in [0.25, 0.3) is 0 Å². The minimum atomic E-state index is 0.510. The summed E-state index contributed by atoms with van der Waals surface area (Å²) in [7, 11) is 0. The van der Waals surface area contributed by atoms with Crippen LogP contribution < -0.4 is 5.32 Å². The number of halogens is 1. The molecule has 15 heavy (non-hydrogen) atoms. The first kappa shape index (κ1) is 10.7. The SMILES string of the molecule is Cc1nc(Cl)cc(NC2CCC(C)C2)n1. The minimum absolute atomic E-state index is 0.510. The molecule has 0 radical (unpaired) electrons. The summed E-state index contributed by atoms with van der Waals surface area (Å²) in [6.45, 7) is 4.15. The molecule has 4 heteroatoms. The Morgan fingerprint density at radius 1 is 1.40 bits per heavy atom. The summed E-state index contributed by atoms with van der Waals surface area (Å²) in [4.78, 5) is 8.35. The van der Waals surface area contributed by atoms with Crippen LogP contribution in [0.2, 0.25) is 5.15 Å². The van der Waals surface area contributed by atoms with Gasteiger partial charge in [0.15, 0.2) is 0 Å². The number of hydrogen-bond acceptors (Lipinski definition) is 3. The molecule has 82 valence electrons. The van der Waals surface area contributed by atoms with Crippen molar-refractivity contribution >= 4 is 17.4 Å². The Morgan fingerprint density at radius 2 is 2.20 bits per heavy atom. The standard InChI is InChI=1S/C11H16ClN3/c1-7-3-4-9(5-7)15-11-6-10(12)13-8(2)14-11/h6-7,9H,3-5H2,1-2H3,(H,13,14,15). The Bertz CT molecular complexity index is 333. The molecule has 0 amide bonds. The van der Waals surface area contributed by atoms with Gasteiger partial charge in [0.2, 0.25) is 0 Å². The number of aryl methyl sites for hydroxylation is 1. The lowest BCUT2D eigenvalue weighted by molar-refractivity contribution is 0.602. The van der Waals surface area contributed by atoms with Gasteiger partial charge >= 0.3 is 0 Å². The highest BCUT2D eigenvalue weighted by atomic mass is 35.5. The van der Waals surface area contributed by atoms with Gasteiger partial charge in [-0.25, -0.2) is 9.97 Å². The van der Waals surface area contributed by atoms with Crippen LogP contribution in [0.15, 0.2) is 6.07 Å². The van der Waals surface area contributed by atoms with E-state index in [2.05, 4.69) is 22.2 Å². The van der Waals surface area contributed by atoms with Gasteiger partial charge in [-0.15, -0.1) is 0 Å². The normalized spacial score (nSPS) is 25.5. The molecule has 1 N–H and O–H groups in total. The van der Waals surface area contributed by atoms with Crippen molar-refractivity contribution in [2.45, 2.75) is 39.2 Å². The molecule has 1 aliphatic rings. The molecular formula is C11H16ClN3. The molecule has 1 aromatic heterocycles. The van der Waals surface area contributed by atoms with Crippen LogP contribution in [0.5, 0.6) is 0 Å². The number of rotatable bonds is 2.